The van der Waals surface area contributed by atoms with Crippen LogP contribution in [0.3, 0.4) is 0 Å². The average molecular weight is 363 g/mol. The van der Waals surface area contributed by atoms with E-state index in [9.17, 15) is 9.90 Å². The summed E-state index contributed by atoms with van der Waals surface area (Å²) in [7, 11) is 0. The molecule has 0 unspecified atom stereocenters. The van der Waals surface area contributed by atoms with E-state index in [0.29, 0.717) is 12.1 Å². The minimum atomic E-state index is -0.208. The fourth-order valence-electron chi connectivity index (χ4n) is 3.93. The number of hydrogen-bond donors (Lipinski definition) is 2. The van der Waals surface area contributed by atoms with Crippen LogP contribution in [0, 0.1) is 0 Å². The van der Waals surface area contributed by atoms with Crippen LogP contribution in [-0.2, 0) is 13.0 Å². The molecule has 1 aromatic heterocycles. The molecule has 0 saturated carbocycles. The van der Waals surface area contributed by atoms with Gasteiger partial charge in [0.1, 0.15) is 0 Å². The second-order valence-electron chi connectivity index (χ2n) is 7.26. The summed E-state index contributed by atoms with van der Waals surface area (Å²) < 4.78 is 1.55. The molecule has 1 fully saturated rings. The van der Waals surface area contributed by atoms with Crippen LogP contribution >= 0.6 is 0 Å². The minimum absolute atomic E-state index is 0.0466. The maximum absolute atomic E-state index is 12.5. The van der Waals surface area contributed by atoms with Crippen LogP contribution in [0.2, 0.25) is 0 Å². The van der Waals surface area contributed by atoms with Gasteiger partial charge >= 0.3 is 5.69 Å². The van der Waals surface area contributed by atoms with Gasteiger partial charge in [0.25, 0.3) is 0 Å². The number of piperidine rings is 1. The summed E-state index contributed by atoms with van der Waals surface area (Å²) >= 11 is 0. The molecular weight excluding hydrogens is 338 g/mol. The van der Waals surface area contributed by atoms with Gasteiger partial charge in [0.05, 0.1) is 5.69 Å². The summed E-state index contributed by atoms with van der Waals surface area (Å²) in [5.74, 6) is 0.0883. The molecule has 27 heavy (non-hydrogen) atoms. The van der Waals surface area contributed by atoms with E-state index in [1.807, 2.05) is 36.4 Å². The second kappa shape index (κ2) is 7.84. The number of aromatic amines is 1. The lowest BCUT2D eigenvalue weighted by Crippen LogP contribution is -2.36. The van der Waals surface area contributed by atoms with Gasteiger partial charge in [-0.15, -0.1) is 0 Å². The Bertz CT molecular complexity index is 923. The molecule has 2 aromatic carbocycles. The molecule has 0 aliphatic carbocycles. The van der Waals surface area contributed by atoms with Crippen molar-refractivity contribution >= 4 is 0 Å². The highest BCUT2D eigenvalue weighted by molar-refractivity contribution is 5.28. The molecule has 5 nitrogen and oxygen atoms in total. The zero-order valence-corrected chi connectivity index (χ0v) is 15.3. The first-order chi connectivity index (χ1) is 13.2. The Morgan fingerprint density at radius 2 is 1.52 bits per heavy atom. The first kappa shape index (κ1) is 17.6. The van der Waals surface area contributed by atoms with Crippen molar-refractivity contribution in [2.24, 2.45) is 0 Å². The molecule has 0 bridgehead atoms. The molecule has 1 aliphatic heterocycles. The number of imidazole rings is 1. The zero-order chi connectivity index (χ0) is 18.6. The van der Waals surface area contributed by atoms with Gasteiger partial charge in [-0.05, 0) is 24.0 Å². The number of likely N-dealkylation sites (tertiary alicyclic amines) is 1. The van der Waals surface area contributed by atoms with Gasteiger partial charge in [0, 0.05) is 32.1 Å². The van der Waals surface area contributed by atoms with Gasteiger partial charge in [0.15, 0.2) is 0 Å². The molecular formula is C22H25N3O2. The highest BCUT2D eigenvalue weighted by atomic mass is 16.3. The molecule has 0 amide bonds. The highest BCUT2D eigenvalue weighted by Crippen LogP contribution is 2.28. The van der Waals surface area contributed by atoms with Crippen LogP contribution in [0.15, 0.2) is 65.5 Å². The molecule has 1 saturated heterocycles. The monoisotopic (exact) mass is 363 g/mol. The highest BCUT2D eigenvalue weighted by Gasteiger charge is 2.25. The van der Waals surface area contributed by atoms with Gasteiger partial charge in [0.2, 0.25) is 5.88 Å². The number of H-pyrrole nitrogens is 1. The van der Waals surface area contributed by atoms with Crippen LogP contribution in [0.5, 0.6) is 5.88 Å². The van der Waals surface area contributed by atoms with Crippen LogP contribution in [0.1, 0.15) is 35.7 Å². The largest absolute Gasteiger partial charge is 0.493 e. The summed E-state index contributed by atoms with van der Waals surface area (Å²) in [5, 5.41) is 10.6. The molecule has 2 heterocycles. The van der Waals surface area contributed by atoms with E-state index in [4.69, 9.17) is 0 Å². The predicted octanol–water partition coefficient (Wildman–Crippen LogP) is 3.31. The number of benzene rings is 2. The Hall–Kier alpha value is -2.79. The SMILES string of the molecule is O=c1[nH]c(Cc2ccccc2)c(O)n1C1CCN(Cc2ccccc2)CC1. The standard InChI is InChI=1S/C22H25N3O2/c26-21-20(15-17-7-3-1-4-8-17)23-22(27)25(21)19-11-13-24(14-12-19)16-18-9-5-2-6-10-18/h1-10,19,26H,11-16H2,(H,23,27). The van der Waals surface area contributed by atoms with Gasteiger partial charge in [-0.25, -0.2) is 4.79 Å². The summed E-state index contributed by atoms with van der Waals surface area (Å²) in [6.07, 6.45) is 2.26. The zero-order valence-electron chi connectivity index (χ0n) is 15.3. The molecule has 140 valence electrons. The minimum Gasteiger partial charge on any atom is -0.493 e. The number of aromatic hydroxyl groups is 1. The van der Waals surface area contributed by atoms with E-state index >= 15 is 0 Å². The van der Waals surface area contributed by atoms with E-state index in [2.05, 4.69) is 34.1 Å². The van der Waals surface area contributed by atoms with E-state index < -0.39 is 0 Å². The summed E-state index contributed by atoms with van der Waals surface area (Å²) in [6.45, 7) is 2.77. The number of nitrogens with zero attached hydrogens (tertiary/aromatic N) is 2. The quantitative estimate of drug-likeness (QED) is 0.731. The van der Waals surface area contributed by atoms with Crippen LogP contribution < -0.4 is 5.69 Å². The lowest BCUT2D eigenvalue weighted by atomic mass is 10.0. The van der Waals surface area contributed by atoms with Crippen molar-refractivity contribution in [2.75, 3.05) is 13.1 Å². The normalized spacial score (nSPS) is 15.9. The number of aromatic nitrogens is 2. The molecule has 2 N–H and O–H groups in total. The van der Waals surface area contributed by atoms with Crippen molar-refractivity contribution in [1.82, 2.24) is 14.5 Å². The van der Waals surface area contributed by atoms with Gasteiger partial charge in [-0.3, -0.25) is 9.47 Å². The number of rotatable bonds is 5. The van der Waals surface area contributed by atoms with E-state index in [1.54, 1.807) is 4.57 Å². The second-order valence-corrected chi connectivity index (χ2v) is 7.26. The van der Waals surface area contributed by atoms with Gasteiger partial charge in [-0.1, -0.05) is 60.7 Å². The Balaban J connectivity index is 1.43. The van der Waals surface area contributed by atoms with Crippen molar-refractivity contribution in [3.63, 3.8) is 0 Å². The van der Waals surface area contributed by atoms with Crippen molar-refractivity contribution in [3.05, 3.63) is 88.0 Å². The lowest BCUT2D eigenvalue weighted by Gasteiger charge is -2.32. The average Bonchev–Trinajstić information content (AvgIpc) is 2.97. The molecule has 0 atom stereocenters. The third kappa shape index (κ3) is 3.98. The molecule has 3 aromatic rings. The van der Waals surface area contributed by atoms with Crippen molar-refractivity contribution in [3.8, 4) is 5.88 Å². The van der Waals surface area contributed by atoms with Crippen LogP contribution in [0.4, 0.5) is 0 Å². The van der Waals surface area contributed by atoms with Crippen LogP contribution in [-0.4, -0.2) is 32.6 Å². The van der Waals surface area contributed by atoms with Gasteiger partial charge in [-0.2, -0.15) is 0 Å². The number of nitrogens with one attached hydrogen (secondary N) is 1. The molecule has 5 heteroatoms. The van der Waals surface area contributed by atoms with Crippen molar-refractivity contribution in [2.45, 2.75) is 31.8 Å². The van der Waals surface area contributed by atoms with Crippen molar-refractivity contribution in [1.29, 1.82) is 0 Å². The third-order valence-corrected chi connectivity index (χ3v) is 5.37. The fraction of sp³-hybridized carbons (Fsp3) is 0.318. The first-order valence-corrected chi connectivity index (χ1v) is 9.53. The molecule has 1 aliphatic rings. The van der Waals surface area contributed by atoms with E-state index in [0.717, 1.165) is 38.0 Å². The lowest BCUT2D eigenvalue weighted by molar-refractivity contribution is 0.172. The van der Waals surface area contributed by atoms with E-state index in [1.165, 1.54) is 5.56 Å². The Morgan fingerprint density at radius 1 is 0.926 bits per heavy atom. The summed E-state index contributed by atoms with van der Waals surface area (Å²) in [6, 6.07) is 20.4. The Kier molecular flexibility index (Phi) is 5.12. The maximum atomic E-state index is 12.5. The topological polar surface area (TPSA) is 61.3 Å². The first-order valence-electron chi connectivity index (χ1n) is 9.53. The van der Waals surface area contributed by atoms with Crippen LogP contribution in [0.25, 0.3) is 0 Å². The summed E-state index contributed by atoms with van der Waals surface area (Å²) in [4.78, 5) is 17.7. The van der Waals surface area contributed by atoms with Gasteiger partial charge < -0.3 is 10.1 Å². The smallest absolute Gasteiger partial charge is 0.328 e. The maximum Gasteiger partial charge on any atom is 0.328 e. The Morgan fingerprint density at radius 3 is 2.15 bits per heavy atom. The van der Waals surface area contributed by atoms with Crippen molar-refractivity contribution < 1.29 is 5.11 Å². The molecule has 0 spiro atoms. The molecule has 0 radical (unpaired) electrons. The molecule has 4 rings (SSSR count). The Labute approximate surface area is 158 Å². The summed E-state index contributed by atoms with van der Waals surface area (Å²) in [5.41, 5.74) is 2.76. The third-order valence-electron chi connectivity index (χ3n) is 5.37. The van der Waals surface area contributed by atoms with E-state index in [-0.39, 0.29) is 17.6 Å². The fourth-order valence-corrected chi connectivity index (χ4v) is 3.93. The number of hydrogen-bond acceptors (Lipinski definition) is 3. The predicted molar refractivity (Wildman–Crippen MR) is 106 cm³/mol.